The van der Waals surface area contributed by atoms with Crippen LogP contribution in [0.4, 0.5) is 0 Å². The number of hydrogen-bond acceptors (Lipinski definition) is 2. The van der Waals surface area contributed by atoms with Gasteiger partial charge in [-0.1, -0.05) is 0 Å². The van der Waals surface area contributed by atoms with Crippen LogP contribution in [0.3, 0.4) is 0 Å². The van der Waals surface area contributed by atoms with Crippen LogP contribution in [0.2, 0.25) is 0 Å². The third-order valence-electron chi connectivity index (χ3n) is 2.80. The summed E-state index contributed by atoms with van der Waals surface area (Å²) in [6.45, 7) is 0.659. The Morgan fingerprint density at radius 1 is 1.73 bits per heavy atom. The number of nitrogens with one attached hydrogen (secondary N) is 1. The summed E-state index contributed by atoms with van der Waals surface area (Å²) in [4.78, 5) is 15.6. The lowest BCUT2D eigenvalue weighted by molar-refractivity contribution is 0.0942. The minimum Gasteiger partial charge on any atom is -0.350 e. The van der Waals surface area contributed by atoms with Crippen LogP contribution in [-0.2, 0) is 7.05 Å². The zero-order valence-electron chi connectivity index (χ0n) is 8.66. The summed E-state index contributed by atoms with van der Waals surface area (Å²) in [7, 11) is 1.84. The molecule has 0 atom stereocenters. The molecular formula is C10H14ClN3O. The Kier molecular flexibility index (Phi) is 2.69. The van der Waals surface area contributed by atoms with Gasteiger partial charge in [-0.2, -0.15) is 0 Å². The summed E-state index contributed by atoms with van der Waals surface area (Å²) in [5.74, 6) is 0.502. The van der Waals surface area contributed by atoms with Gasteiger partial charge in [-0.15, -0.1) is 11.6 Å². The molecule has 1 saturated carbocycles. The third kappa shape index (κ3) is 2.31. The SMILES string of the molecule is Cn1cnc(C(=O)NCC2(CCl)CC2)c1. The van der Waals surface area contributed by atoms with Gasteiger partial charge in [0.05, 0.1) is 6.33 Å². The van der Waals surface area contributed by atoms with Crippen molar-refractivity contribution in [1.82, 2.24) is 14.9 Å². The molecule has 15 heavy (non-hydrogen) atoms. The summed E-state index contributed by atoms with van der Waals surface area (Å²) < 4.78 is 1.75. The first-order valence-electron chi connectivity index (χ1n) is 4.97. The van der Waals surface area contributed by atoms with Gasteiger partial charge in [0.15, 0.2) is 0 Å². The molecule has 1 aromatic rings. The van der Waals surface area contributed by atoms with Crippen molar-refractivity contribution in [3.63, 3.8) is 0 Å². The van der Waals surface area contributed by atoms with Crippen LogP contribution in [0, 0.1) is 5.41 Å². The van der Waals surface area contributed by atoms with Crippen LogP contribution >= 0.6 is 11.6 Å². The van der Waals surface area contributed by atoms with Gasteiger partial charge in [0.2, 0.25) is 0 Å². The molecule has 1 aliphatic carbocycles. The minimum atomic E-state index is -0.119. The fraction of sp³-hybridized carbons (Fsp3) is 0.600. The highest BCUT2D eigenvalue weighted by Gasteiger charge is 2.41. The highest BCUT2D eigenvalue weighted by molar-refractivity contribution is 6.18. The van der Waals surface area contributed by atoms with E-state index in [1.54, 1.807) is 17.1 Å². The van der Waals surface area contributed by atoms with E-state index >= 15 is 0 Å². The lowest BCUT2D eigenvalue weighted by atomic mass is 10.1. The van der Waals surface area contributed by atoms with Crippen LogP contribution in [0.15, 0.2) is 12.5 Å². The van der Waals surface area contributed by atoms with Gasteiger partial charge in [0.25, 0.3) is 5.91 Å². The van der Waals surface area contributed by atoms with Crippen molar-refractivity contribution in [2.24, 2.45) is 12.5 Å². The van der Waals surface area contributed by atoms with E-state index in [1.807, 2.05) is 7.05 Å². The number of hydrogen-bond donors (Lipinski definition) is 1. The molecule has 0 unspecified atom stereocenters. The second-order valence-electron chi connectivity index (χ2n) is 4.24. The molecule has 0 bridgehead atoms. The number of amides is 1. The molecule has 82 valence electrons. The summed E-state index contributed by atoms with van der Waals surface area (Å²) in [6, 6.07) is 0. The molecule has 1 N–H and O–H groups in total. The average molecular weight is 228 g/mol. The van der Waals surface area contributed by atoms with E-state index in [0.717, 1.165) is 12.8 Å². The van der Waals surface area contributed by atoms with Crippen molar-refractivity contribution in [2.45, 2.75) is 12.8 Å². The summed E-state index contributed by atoms with van der Waals surface area (Å²) in [5.41, 5.74) is 0.620. The number of aryl methyl sites for hydroxylation is 1. The number of rotatable bonds is 4. The Hall–Kier alpha value is -1.03. The molecule has 0 aliphatic heterocycles. The average Bonchev–Trinajstić information content (AvgIpc) is 2.90. The van der Waals surface area contributed by atoms with Gasteiger partial charge >= 0.3 is 0 Å². The largest absolute Gasteiger partial charge is 0.350 e. The molecule has 0 radical (unpaired) electrons. The normalized spacial score (nSPS) is 17.5. The maximum absolute atomic E-state index is 11.6. The first-order valence-corrected chi connectivity index (χ1v) is 5.51. The van der Waals surface area contributed by atoms with Crippen molar-refractivity contribution in [2.75, 3.05) is 12.4 Å². The second-order valence-corrected chi connectivity index (χ2v) is 4.51. The van der Waals surface area contributed by atoms with Crippen LogP contribution in [-0.4, -0.2) is 27.9 Å². The molecule has 0 saturated heterocycles. The Balaban J connectivity index is 1.88. The summed E-state index contributed by atoms with van der Waals surface area (Å²) in [6.07, 6.45) is 5.54. The smallest absolute Gasteiger partial charge is 0.271 e. The standard InChI is InChI=1S/C10H14ClN3O/c1-14-4-8(13-7-14)9(15)12-6-10(5-11)2-3-10/h4,7H,2-3,5-6H2,1H3,(H,12,15). The van der Waals surface area contributed by atoms with Crippen LogP contribution in [0.1, 0.15) is 23.3 Å². The van der Waals surface area contributed by atoms with E-state index < -0.39 is 0 Å². The lowest BCUT2D eigenvalue weighted by Crippen LogP contribution is -2.31. The van der Waals surface area contributed by atoms with Gasteiger partial charge in [-0.25, -0.2) is 4.98 Å². The molecular weight excluding hydrogens is 214 g/mol. The monoisotopic (exact) mass is 227 g/mol. The quantitative estimate of drug-likeness (QED) is 0.785. The zero-order valence-corrected chi connectivity index (χ0v) is 9.42. The number of alkyl halides is 1. The molecule has 0 spiro atoms. The molecule has 2 rings (SSSR count). The highest BCUT2D eigenvalue weighted by atomic mass is 35.5. The van der Waals surface area contributed by atoms with Crippen molar-refractivity contribution < 1.29 is 4.79 Å². The molecule has 1 heterocycles. The zero-order chi connectivity index (χ0) is 10.9. The highest BCUT2D eigenvalue weighted by Crippen LogP contribution is 2.45. The number of nitrogens with zero attached hydrogens (tertiary/aromatic N) is 2. The molecule has 4 nitrogen and oxygen atoms in total. The van der Waals surface area contributed by atoms with Crippen molar-refractivity contribution in [1.29, 1.82) is 0 Å². The Morgan fingerprint density at radius 2 is 2.47 bits per heavy atom. The van der Waals surface area contributed by atoms with Gasteiger partial charge < -0.3 is 9.88 Å². The van der Waals surface area contributed by atoms with E-state index in [2.05, 4.69) is 10.3 Å². The molecule has 1 fully saturated rings. The maximum atomic E-state index is 11.6. The summed E-state index contributed by atoms with van der Waals surface area (Å²) in [5, 5.41) is 2.87. The van der Waals surface area contributed by atoms with E-state index in [1.165, 1.54) is 0 Å². The predicted octanol–water partition coefficient (Wildman–Crippen LogP) is 1.17. The fourth-order valence-electron chi connectivity index (χ4n) is 1.42. The van der Waals surface area contributed by atoms with Crippen molar-refractivity contribution in [3.05, 3.63) is 18.2 Å². The van der Waals surface area contributed by atoms with E-state index in [0.29, 0.717) is 18.1 Å². The minimum absolute atomic E-state index is 0.119. The van der Waals surface area contributed by atoms with E-state index in [4.69, 9.17) is 11.6 Å². The summed E-state index contributed by atoms with van der Waals surface area (Å²) >= 11 is 5.82. The van der Waals surface area contributed by atoms with Gasteiger partial charge in [0, 0.05) is 31.1 Å². The first-order chi connectivity index (χ1) is 7.15. The van der Waals surface area contributed by atoms with Crippen molar-refractivity contribution >= 4 is 17.5 Å². The number of carbonyl (C=O) groups is 1. The third-order valence-corrected chi connectivity index (χ3v) is 3.37. The Morgan fingerprint density at radius 3 is 2.93 bits per heavy atom. The van der Waals surface area contributed by atoms with Gasteiger partial charge in [0.1, 0.15) is 5.69 Å². The van der Waals surface area contributed by atoms with Gasteiger partial charge in [-0.3, -0.25) is 4.79 Å². The fourth-order valence-corrected chi connectivity index (χ4v) is 1.78. The maximum Gasteiger partial charge on any atom is 0.271 e. The van der Waals surface area contributed by atoms with Crippen LogP contribution in [0.5, 0.6) is 0 Å². The Bertz CT molecular complexity index is 370. The Labute approximate surface area is 93.6 Å². The topological polar surface area (TPSA) is 46.9 Å². The second kappa shape index (κ2) is 3.85. The number of halogens is 1. The molecule has 1 aromatic heterocycles. The molecule has 5 heteroatoms. The number of imidazole rings is 1. The lowest BCUT2D eigenvalue weighted by Gasteiger charge is -2.11. The first kappa shape index (κ1) is 10.5. The predicted molar refractivity (Wildman–Crippen MR) is 57.9 cm³/mol. The molecule has 1 amide bonds. The van der Waals surface area contributed by atoms with Crippen LogP contribution < -0.4 is 5.32 Å². The van der Waals surface area contributed by atoms with E-state index in [-0.39, 0.29) is 11.3 Å². The number of aromatic nitrogens is 2. The van der Waals surface area contributed by atoms with Crippen molar-refractivity contribution in [3.8, 4) is 0 Å². The molecule has 0 aromatic carbocycles. The van der Waals surface area contributed by atoms with Gasteiger partial charge in [-0.05, 0) is 12.8 Å². The molecule has 1 aliphatic rings. The number of carbonyl (C=O) groups excluding carboxylic acids is 1. The van der Waals surface area contributed by atoms with E-state index in [9.17, 15) is 4.79 Å². The van der Waals surface area contributed by atoms with Crippen LogP contribution in [0.25, 0.3) is 0 Å².